The first-order chi connectivity index (χ1) is 15.9. The molecule has 0 spiro atoms. The predicted octanol–water partition coefficient (Wildman–Crippen LogP) is 1.27. The lowest BCUT2D eigenvalue weighted by Crippen LogP contribution is -2.65. The number of aromatic hydroxyl groups is 1. The highest BCUT2D eigenvalue weighted by molar-refractivity contribution is 6.25. The van der Waals surface area contributed by atoms with Gasteiger partial charge in [0.15, 0.2) is 17.2 Å². The van der Waals surface area contributed by atoms with E-state index in [1.807, 2.05) is 0 Å². The van der Waals surface area contributed by atoms with Gasteiger partial charge in [0.1, 0.15) is 22.8 Å². The third kappa shape index (κ3) is 2.95. The highest BCUT2D eigenvalue weighted by atomic mass is 16.4. The zero-order valence-electron chi connectivity index (χ0n) is 19.2. The third-order valence-electron chi connectivity index (χ3n) is 7.25. The van der Waals surface area contributed by atoms with Gasteiger partial charge in [-0.15, -0.1) is 0 Å². The summed E-state index contributed by atoms with van der Waals surface area (Å²) < 4.78 is 0. The molecule has 180 valence electrons. The van der Waals surface area contributed by atoms with Crippen molar-refractivity contribution in [2.24, 2.45) is 17.0 Å². The van der Waals surface area contributed by atoms with Gasteiger partial charge in [-0.05, 0) is 64.4 Å². The Hall–Kier alpha value is -3.50. The molecule has 0 heterocycles. The number of Topliss-reactive ketones (excluding diaryl/α,β-unsaturated/α-hetero) is 3. The van der Waals surface area contributed by atoms with Crippen LogP contribution >= 0.6 is 0 Å². The van der Waals surface area contributed by atoms with Gasteiger partial charge in [-0.1, -0.05) is 5.16 Å². The van der Waals surface area contributed by atoms with Gasteiger partial charge in [0.2, 0.25) is 5.78 Å². The number of ketones is 3. The summed E-state index contributed by atoms with van der Waals surface area (Å²) in [6.45, 7) is 2.61. The number of rotatable bonds is 3. The van der Waals surface area contributed by atoms with Gasteiger partial charge in [0.25, 0.3) is 0 Å². The first-order valence-corrected chi connectivity index (χ1v) is 10.8. The van der Waals surface area contributed by atoms with Crippen LogP contribution in [0.4, 0.5) is 0 Å². The predicted molar refractivity (Wildman–Crippen MR) is 120 cm³/mol. The van der Waals surface area contributed by atoms with Crippen LogP contribution in [0.3, 0.4) is 0 Å². The van der Waals surface area contributed by atoms with Crippen LogP contribution in [-0.2, 0) is 20.8 Å². The average molecular weight is 470 g/mol. The number of oxime groups is 1. The fourth-order valence-electron chi connectivity index (χ4n) is 5.74. The molecule has 1 fully saturated rings. The maximum Gasteiger partial charge on any atom is 0.202 e. The number of aliphatic hydroxyl groups is 3. The van der Waals surface area contributed by atoms with Gasteiger partial charge in [0, 0.05) is 17.1 Å². The highest BCUT2D eigenvalue weighted by Gasteiger charge is 2.64. The van der Waals surface area contributed by atoms with Gasteiger partial charge in [-0.25, -0.2) is 0 Å². The standard InChI is InChI=1S/C24H26N2O8/c1-9(25-34)12-5-6-15(28)18-13(12)7-11-8-14-19(26(3)4)21(30)16(10(2)27)22(31)24(14,33)23(32)17(11)20(18)29/h5-6,11,14,19,28-29,31,33-34H,7-8H2,1-4H3/b25-9-/t11-,14-,19-,24+/m0/s1. The van der Waals surface area contributed by atoms with Gasteiger partial charge < -0.3 is 25.6 Å². The zero-order valence-corrected chi connectivity index (χ0v) is 19.2. The van der Waals surface area contributed by atoms with Crippen molar-refractivity contribution in [2.45, 2.75) is 38.3 Å². The van der Waals surface area contributed by atoms with Crippen molar-refractivity contribution in [1.29, 1.82) is 0 Å². The van der Waals surface area contributed by atoms with Crippen LogP contribution in [0.5, 0.6) is 5.75 Å². The topological polar surface area (TPSA) is 168 Å². The molecular weight excluding hydrogens is 444 g/mol. The SMILES string of the molecule is CC(=O)C1=C(O)[C@@]2(O)C(=O)C3=C(O)c4c(O)ccc(/C(C)=N\O)c4C[C@H]3C[C@H]2[C@H](N(C)C)C1=O. The Morgan fingerprint density at radius 2 is 1.79 bits per heavy atom. The molecule has 0 unspecified atom stereocenters. The third-order valence-corrected chi connectivity index (χ3v) is 7.25. The summed E-state index contributed by atoms with van der Waals surface area (Å²) in [6, 6.07) is 1.75. The summed E-state index contributed by atoms with van der Waals surface area (Å²) >= 11 is 0. The van der Waals surface area contributed by atoms with Crippen molar-refractivity contribution in [3.05, 3.63) is 45.7 Å². The molecule has 10 nitrogen and oxygen atoms in total. The van der Waals surface area contributed by atoms with E-state index in [1.54, 1.807) is 21.0 Å². The molecule has 4 atom stereocenters. The van der Waals surface area contributed by atoms with Crippen LogP contribution in [0.25, 0.3) is 5.76 Å². The van der Waals surface area contributed by atoms with Gasteiger partial charge in [-0.2, -0.15) is 0 Å². The summed E-state index contributed by atoms with van der Waals surface area (Å²) in [5.74, 6) is -6.15. The second-order valence-corrected chi connectivity index (χ2v) is 9.32. The Bertz CT molecular complexity index is 1240. The van der Waals surface area contributed by atoms with Crippen molar-refractivity contribution in [3.63, 3.8) is 0 Å². The minimum Gasteiger partial charge on any atom is -0.508 e. The molecule has 1 aromatic rings. The van der Waals surface area contributed by atoms with Crippen LogP contribution in [0.15, 0.2) is 34.2 Å². The van der Waals surface area contributed by atoms with E-state index in [2.05, 4.69) is 5.16 Å². The molecule has 4 rings (SSSR count). The maximum atomic E-state index is 13.7. The molecule has 34 heavy (non-hydrogen) atoms. The lowest BCUT2D eigenvalue weighted by atomic mass is 9.57. The molecule has 3 aliphatic carbocycles. The molecule has 0 aliphatic heterocycles. The fourth-order valence-corrected chi connectivity index (χ4v) is 5.74. The normalized spacial score (nSPS) is 29.2. The number of likely N-dealkylation sites (N-methyl/N-ethyl adjacent to an activating group) is 1. The van der Waals surface area contributed by atoms with Crippen LogP contribution in [0.2, 0.25) is 0 Å². The minimum absolute atomic E-state index is 0.0231. The van der Waals surface area contributed by atoms with Crippen molar-refractivity contribution >= 4 is 28.8 Å². The molecule has 3 aliphatic rings. The number of hydrogen-bond acceptors (Lipinski definition) is 10. The zero-order chi connectivity index (χ0) is 25.3. The largest absolute Gasteiger partial charge is 0.508 e. The first-order valence-electron chi connectivity index (χ1n) is 10.8. The van der Waals surface area contributed by atoms with Gasteiger partial charge in [0.05, 0.1) is 17.3 Å². The van der Waals surface area contributed by atoms with E-state index in [0.29, 0.717) is 11.1 Å². The van der Waals surface area contributed by atoms with Crippen LogP contribution in [0, 0.1) is 11.8 Å². The molecule has 0 saturated heterocycles. The first kappa shape index (κ1) is 23.7. The van der Waals surface area contributed by atoms with Crippen molar-refractivity contribution in [2.75, 3.05) is 14.1 Å². The Labute approximate surface area is 195 Å². The smallest absolute Gasteiger partial charge is 0.202 e. The monoisotopic (exact) mass is 470 g/mol. The molecule has 0 amide bonds. The summed E-state index contributed by atoms with van der Waals surface area (Å²) in [4.78, 5) is 40.5. The van der Waals surface area contributed by atoms with E-state index in [1.165, 1.54) is 17.0 Å². The fraction of sp³-hybridized carbons (Fsp3) is 0.417. The lowest BCUT2D eigenvalue weighted by Gasteiger charge is -2.50. The number of hydrogen-bond donors (Lipinski definition) is 5. The number of aliphatic hydroxyl groups excluding tert-OH is 2. The van der Waals surface area contributed by atoms with E-state index in [-0.39, 0.29) is 35.4 Å². The van der Waals surface area contributed by atoms with E-state index < -0.39 is 57.9 Å². The van der Waals surface area contributed by atoms with Gasteiger partial charge in [-0.3, -0.25) is 19.3 Å². The molecule has 1 saturated carbocycles. The quantitative estimate of drug-likeness (QED) is 0.189. The molecule has 0 bridgehead atoms. The summed E-state index contributed by atoms with van der Waals surface area (Å²) in [5.41, 5.74) is -2.33. The summed E-state index contributed by atoms with van der Waals surface area (Å²) in [5, 5.41) is 56.5. The minimum atomic E-state index is -2.60. The second kappa shape index (κ2) is 7.78. The number of nitrogens with zero attached hydrogens (tertiary/aromatic N) is 2. The number of carbonyl (C=O) groups is 3. The van der Waals surface area contributed by atoms with Gasteiger partial charge >= 0.3 is 0 Å². The van der Waals surface area contributed by atoms with Crippen LogP contribution in [0.1, 0.15) is 37.0 Å². The summed E-state index contributed by atoms with van der Waals surface area (Å²) in [7, 11) is 3.15. The molecular formula is C24H26N2O8. The van der Waals surface area contributed by atoms with Crippen LogP contribution in [-0.4, -0.2) is 79.3 Å². The molecule has 1 aromatic carbocycles. The van der Waals surface area contributed by atoms with Crippen LogP contribution < -0.4 is 0 Å². The summed E-state index contributed by atoms with van der Waals surface area (Å²) in [6.07, 6.45) is 0.164. The number of phenols is 1. The molecule has 0 aromatic heterocycles. The number of fused-ring (bicyclic) bond motifs is 3. The Balaban J connectivity index is 2.00. The number of phenolic OH excluding ortho intramolecular Hbond substituents is 1. The van der Waals surface area contributed by atoms with E-state index in [4.69, 9.17) is 0 Å². The average Bonchev–Trinajstić information content (AvgIpc) is 2.75. The Morgan fingerprint density at radius 3 is 2.35 bits per heavy atom. The maximum absolute atomic E-state index is 13.7. The van der Waals surface area contributed by atoms with Crippen molar-refractivity contribution in [3.8, 4) is 5.75 Å². The van der Waals surface area contributed by atoms with E-state index in [9.17, 15) is 40.0 Å². The van der Waals surface area contributed by atoms with Crippen molar-refractivity contribution in [1.82, 2.24) is 4.90 Å². The number of carbonyl (C=O) groups excluding carboxylic acids is 3. The molecule has 10 heteroatoms. The van der Waals surface area contributed by atoms with E-state index >= 15 is 0 Å². The highest BCUT2D eigenvalue weighted by Crippen LogP contribution is 2.53. The Morgan fingerprint density at radius 1 is 1.15 bits per heavy atom. The Kier molecular flexibility index (Phi) is 5.41. The lowest BCUT2D eigenvalue weighted by molar-refractivity contribution is -0.153. The van der Waals surface area contributed by atoms with Crippen molar-refractivity contribution < 1.29 is 40.0 Å². The van der Waals surface area contributed by atoms with E-state index in [0.717, 1.165) is 6.92 Å². The number of benzene rings is 1. The molecule has 5 N–H and O–H groups in total. The second-order valence-electron chi connectivity index (χ2n) is 9.32. The molecule has 0 radical (unpaired) electrons.